The van der Waals surface area contributed by atoms with Gasteiger partial charge >= 0.3 is 6.18 Å². The van der Waals surface area contributed by atoms with Crippen LogP contribution in [0.25, 0.3) is 0 Å². The standard InChI is InChI=1S/C19H15F3NOP/c20-19(21,22)17-13-14(23)11-12-18(17)24-25(15-7-3-1-4-8-15)16-9-5-2-6-10-16/h1-13H,23H2/p+1. The summed E-state index contributed by atoms with van der Waals surface area (Å²) in [6, 6.07) is 22.2. The van der Waals surface area contributed by atoms with Gasteiger partial charge in [-0.15, -0.1) is 0 Å². The third kappa shape index (κ3) is 4.12. The lowest BCUT2D eigenvalue weighted by molar-refractivity contribution is -0.138. The van der Waals surface area contributed by atoms with E-state index >= 15 is 0 Å². The third-order valence-corrected chi connectivity index (χ3v) is 5.73. The molecule has 25 heavy (non-hydrogen) atoms. The highest BCUT2D eigenvalue weighted by atomic mass is 31.1. The molecule has 2 nitrogen and oxygen atoms in total. The molecule has 6 heteroatoms. The lowest BCUT2D eigenvalue weighted by Gasteiger charge is -2.16. The Kier molecular flexibility index (Phi) is 4.95. The Bertz CT molecular complexity index is 799. The zero-order valence-corrected chi connectivity index (χ0v) is 14.1. The zero-order valence-electron chi connectivity index (χ0n) is 13.1. The minimum absolute atomic E-state index is 0.0490. The smallest absolute Gasteiger partial charge is 0.399 e. The van der Waals surface area contributed by atoms with Crippen molar-refractivity contribution in [2.24, 2.45) is 0 Å². The fourth-order valence-corrected chi connectivity index (χ4v) is 4.39. The van der Waals surface area contributed by atoms with E-state index in [1.807, 2.05) is 60.7 Å². The summed E-state index contributed by atoms with van der Waals surface area (Å²) < 4.78 is 46.0. The maximum atomic E-state index is 13.4. The summed E-state index contributed by atoms with van der Waals surface area (Å²) in [6.07, 6.45) is -4.54. The fourth-order valence-electron chi connectivity index (χ4n) is 2.43. The molecule has 128 valence electrons. The lowest BCUT2D eigenvalue weighted by Crippen LogP contribution is -2.17. The SMILES string of the molecule is Nc1ccc(O[PH+](c2ccccc2)c2ccccc2)c(C(F)(F)F)c1. The van der Waals surface area contributed by atoms with E-state index in [0.29, 0.717) is 0 Å². The number of alkyl halides is 3. The lowest BCUT2D eigenvalue weighted by atomic mass is 10.2. The number of halogens is 3. The first-order chi connectivity index (χ1) is 11.9. The van der Waals surface area contributed by atoms with Gasteiger partial charge in [0.15, 0.2) is 5.75 Å². The molecule has 0 aromatic heterocycles. The summed E-state index contributed by atoms with van der Waals surface area (Å²) in [5.41, 5.74) is 4.72. The van der Waals surface area contributed by atoms with Gasteiger partial charge in [-0.25, -0.2) is 0 Å². The Morgan fingerprint density at radius 3 is 1.76 bits per heavy atom. The van der Waals surface area contributed by atoms with Crippen LogP contribution in [0.5, 0.6) is 5.75 Å². The first kappa shape index (κ1) is 17.3. The molecular weight excluding hydrogens is 346 g/mol. The number of hydrogen-bond acceptors (Lipinski definition) is 2. The van der Waals surface area contributed by atoms with E-state index in [9.17, 15) is 13.2 Å². The Balaban J connectivity index is 2.06. The molecule has 0 atom stereocenters. The average molecular weight is 362 g/mol. The number of nitrogen functional groups attached to an aromatic ring is 1. The molecule has 0 bridgehead atoms. The molecule has 2 N–H and O–H groups in total. The van der Waals surface area contributed by atoms with Crippen LogP contribution in [-0.4, -0.2) is 0 Å². The minimum Gasteiger partial charge on any atom is -0.399 e. The van der Waals surface area contributed by atoms with E-state index in [2.05, 4.69) is 0 Å². The second kappa shape index (κ2) is 7.16. The molecule has 0 heterocycles. The van der Waals surface area contributed by atoms with Gasteiger partial charge in [-0.3, -0.25) is 0 Å². The molecule has 0 aliphatic heterocycles. The number of nitrogens with two attached hydrogens (primary N) is 1. The van der Waals surface area contributed by atoms with Gasteiger partial charge in [0.2, 0.25) is 8.15 Å². The van der Waals surface area contributed by atoms with Crippen molar-refractivity contribution in [3.63, 3.8) is 0 Å². The van der Waals surface area contributed by atoms with Crippen LogP contribution in [0.3, 0.4) is 0 Å². The molecule has 0 amide bonds. The molecule has 3 aromatic carbocycles. The summed E-state index contributed by atoms with van der Waals surface area (Å²) in [7, 11) is -1.89. The monoisotopic (exact) mass is 362 g/mol. The van der Waals surface area contributed by atoms with Crippen LogP contribution in [0.15, 0.2) is 78.9 Å². The summed E-state index contributed by atoms with van der Waals surface area (Å²) in [5.74, 6) is -0.205. The van der Waals surface area contributed by atoms with Crippen LogP contribution in [-0.2, 0) is 6.18 Å². The molecule has 0 fully saturated rings. The topological polar surface area (TPSA) is 35.2 Å². The largest absolute Gasteiger partial charge is 0.420 e. The van der Waals surface area contributed by atoms with Crippen LogP contribution in [0.4, 0.5) is 18.9 Å². The highest BCUT2D eigenvalue weighted by Crippen LogP contribution is 2.43. The van der Waals surface area contributed by atoms with Crippen molar-refractivity contribution in [2.75, 3.05) is 5.73 Å². The van der Waals surface area contributed by atoms with Crippen LogP contribution >= 0.6 is 8.15 Å². The zero-order chi connectivity index (χ0) is 17.9. The molecule has 0 spiro atoms. The van der Waals surface area contributed by atoms with Crippen LogP contribution in [0, 0.1) is 0 Å². The summed E-state index contributed by atoms with van der Waals surface area (Å²) >= 11 is 0. The Morgan fingerprint density at radius 2 is 1.28 bits per heavy atom. The Hall–Kier alpha value is -2.52. The number of rotatable bonds is 4. The van der Waals surface area contributed by atoms with Crippen molar-refractivity contribution in [2.45, 2.75) is 6.18 Å². The molecular formula is C19H16F3NOP+. The van der Waals surface area contributed by atoms with Crippen molar-refractivity contribution in [3.8, 4) is 5.75 Å². The van der Waals surface area contributed by atoms with Crippen LogP contribution in [0.1, 0.15) is 5.56 Å². The molecule has 0 aliphatic carbocycles. The fraction of sp³-hybridized carbons (Fsp3) is 0.0526. The average Bonchev–Trinajstić information content (AvgIpc) is 2.61. The van der Waals surface area contributed by atoms with E-state index in [0.717, 1.165) is 16.7 Å². The van der Waals surface area contributed by atoms with Gasteiger partial charge in [0.05, 0.1) is 0 Å². The second-order valence-electron chi connectivity index (χ2n) is 5.42. The molecule has 0 saturated carbocycles. The highest BCUT2D eigenvalue weighted by molar-refractivity contribution is 7.68. The van der Waals surface area contributed by atoms with E-state index in [-0.39, 0.29) is 11.4 Å². The quantitative estimate of drug-likeness (QED) is 0.550. The number of benzene rings is 3. The summed E-state index contributed by atoms with van der Waals surface area (Å²) in [5, 5.41) is 1.73. The molecule has 0 unspecified atom stereocenters. The highest BCUT2D eigenvalue weighted by Gasteiger charge is 2.37. The van der Waals surface area contributed by atoms with Gasteiger partial charge < -0.3 is 10.3 Å². The van der Waals surface area contributed by atoms with Crippen LogP contribution < -0.4 is 20.9 Å². The van der Waals surface area contributed by atoms with Gasteiger partial charge in [-0.1, -0.05) is 36.4 Å². The molecule has 3 rings (SSSR count). The summed E-state index contributed by atoms with van der Waals surface area (Å²) in [4.78, 5) is 0. The predicted molar refractivity (Wildman–Crippen MR) is 97.0 cm³/mol. The number of hydrogen-bond donors (Lipinski definition) is 1. The van der Waals surface area contributed by atoms with Crippen molar-refractivity contribution >= 4 is 24.4 Å². The Labute approximate surface area is 144 Å². The number of anilines is 1. The molecule has 3 aromatic rings. The maximum absolute atomic E-state index is 13.4. The second-order valence-corrected chi connectivity index (χ2v) is 7.43. The van der Waals surface area contributed by atoms with Crippen LogP contribution in [0.2, 0.25) is 0 Å². The predicted octanol–water partition coefficient (Wildman–Crippen LogP) is 4.45. The molecule has 0 aliphatic rings. The van der Waals surface area contributed by atoms with E-state index in [1.165, 1.54) is 12.1 Å². The normalized spacial score (nSPS) is 11.5. The first-order valence-corrected chi connectivity index (χ1v) is 8.98. The first-order valence-electron chi connectivity index (χ1n) is 7.57. The minimum atomic E-state index is -4.54. The van der Waals surface area contributed by atoms with E-state index in [1.54, 1.807) is 0 Å². The third-order valence-electron chi connectivity index (χ3n) is 3.59. The van der Waals surface area contributed by atoms with Gasteiger partial charge in [-0.05, 0) is 42.5 Å². The van der Waals surface area contributed by atoms with Crippen molar-refractivity contribution in [1.82, 2.24) is 0 Å². The van der Waals surface area contributed by atoms with Crippen molar-refractivity contribution in [3.05, 3.63) is 84.4 Å². The van der Waals surface area contributed by atoms with E-state index < -0.39 is 19.9 Å². The maximum Gasteiger partial charge on any atom is 0.420 e. The molecule has 0 radical (unpaired) electrons. The molecule has 0 saturated heterocycles. The van der Waals surface area contributed by atoms with Gasteiger partial charge in [0.25, 0.3) is 0 Å². The summed E-state index contributed by atoms with van der Waals surface area (Å²) in [6.45, 7) is 0. The van der Waals surface area contributed by atoms with Crippen molar-refractivity contribution < 1.29 is 17.7 Å². The Morgan fingerprint density at radius 1 is 0.760 bits per heavy atom. The van der Waals surface area contributed by atoms with Gasteiger partial charge in [0.1, 0.15) is 16.2 Å². The van der Waals surface area contributed by atoms with Gasteiger partial charge in [0, 0.05) is 5.69 Å². The van der Waals surface area contributed by atoms with Crippen molar-refractivity contribution in [1.29, 1.82) is 0 Å². The van der Waals surface area contributed by atoms with E-state index in [4.69, 9.17) is 10.3 Å². The van der Waals surface area contributed by atoms with Gasteiger partial charge in [-0.2, -0.15) is 13.2 Å².